The van der Waals surface area contributed by atoms with Gasteiger partial charge in [0, 0.05) is 31.9 Å². The maximum atomic E-state index is 4.66. The maximum absolute atomic E-state index is 4.66. The van der Waals surface area contributed by atoms with E-state index in [1.54, 1.807) is 0 Å². The van der Waals surface area contributed by atoms with Crippen molar-refractivity contribution in [1.82, 2.24) is 20.4 Å². The molecule has 0 amide bonds. The van der Waals surface area contributed by atoms with E-state index in [1.165, 1.54) is 27.6 Å². The van der Waals surface area contributed by atoms with Gasteiger partial charge in [0.2, 0.25) is 0 Å². The Morgan fingerprint density at radius 2 is 1.86 bits per heavy atom. The molecule has 5 heteroatoms. The number of benzene rings is 2. The van der Waals surface area contributed by atoms with Crippen molar-refractivity contribution in [3.8, 4) is 0 Å². The second kappa shape index (κ2) is 8.91. The largest absolute Gasteiger partial charge is 0.352 e. The fraction of sp³-hybridized carbons (Fsp3) is 0.391. The number of hydrogen-bond donors (Lipinski definition) is 2. The van der Waals surface area contributed by atoms with Gasteiger partial charge in [-0.3, -0.25) is 9.67 Å². The monoisotopic (exact) mass is 377 g/mol. The summed E-state index contributed by atoms with van der Waals surface area (Å²) >= 11 is 0. The third-order valence-corrected chi connectivity index (χ3v) is 5.31. The Labute approximate surface area is 167 Å². The van der Waals surface area contributed by atoms with Crippen molar-refractivity contribution in [2.24, 2.45) is 12.0 Å². The number of aromatic nitrogens is 2. The summed E-state index contributed by atoms with van der Waals surface area (Å²) in [6.45, 7) is 7.22. The second-order valence-electron chi connectivity index (χ2n) is 7.10. The molecule has 0 saturated heterocycles. The molecular formula is C23H31N5. The van der Waals surface area contributed by atoms with Gasteiger partial charge in [0.15, 0.2) is 5.96 Å². The van der Waals surface area contributed by atoms with Gasteiger partial charge in [0.25, 0.3) is 0 Å². The molecule has 5 nitrogen and oxygen atoms in total. The third-order valence-electron chi connectivity index (χ3n) is 5.31. The third kappa shape index (κ3) is 4.19. The van der Waals surface area contributed by atoms with Gasteiger partial charge in [-0.05, 0) is 42.2 Å². The minimum Gasteiger partial charge on any atom is -0.352 e. The van der Waals surface area contributed by atoms with Crippen molar-refractivity contribution in [2.45, 2.75) is 46.2 Å². The number of guanidine groups is 1. The molecule has 148 valence electrons. The molecule has 0 saturated carbocycles. The van der Waals surface area contributed by atoms with Gasteiger partial charge in [-0.25, -0.2) is 0 Å². The predicted molar refractivity (Wildman–Crippen MR) is 118 cm³/mol. The van der Waals surface area contributed by atoms with Crippen LogP contribution in [0.3, 0.4) is 0 Å². The van der Waals surface area contributed by atoms with Crippen LogP contribution in [0.2, 0.25) is 0 Å². The highest BCUT2D eigenvalue weighted by atomic mass is 15.3. The lowest BCUT2D eigenvalue weighted by Crippen LogP contribution is -2.38. The van der Waals surface area contributed by atoms with Crippen LogP contribution in [0.15, 0.2) is 47.5 Å². The van der Waals surface area contributed by atoms with Crippen molar-refractivity contribution in [1.29, 1.82) is 0 Å². The number of fused-ring (bicyclic) bond motifs is 1. The topological polar surface area (TPSA) is 54.2 Å². The molecule has 2 N–H and O–H groups in total. The fourth-order valence-corrected chi connectivity index (χ4v) is 3.73. The highest BCUT2D eigenvalue weighted by Crippen LogP contribution is 2.20. The van der Waals surface area contributed by atoms with Gasteiger partial charge < -0.3 is 10.6 Å². The Hall–Kier alpha value is -2.82. The van der Waals surface area contributed by atoms with Crippen LogP contribution in [-0.4, -0.2) is 22.8 Å². The van der Waals surface area contributed by atoms with E-state index in [1.807, 2.05) is 18.8 Å². The Morgan fingerprint density at radius 1 is 1.11 bits per heavy atom. The van der Waals surface area contributed by atoms with Crippen LogP contribution in [0.5, 0.6) is 0 Å². The highest BCUT2D eigenvalue weighted by molar-refractivity contribution is 5.84. The first-order chi connectivity index (χ1) is 13.6. The van der Waals surface area contributed by atoms with Crippen molar-refractivity contribution in [3.63, 3.8) is 0 Å². The molecule has 1 heterocycles. The van der Waals surface area contributed by atoms with Gasteiger partial charge in [0.05, 0.1) is 11.7 Å². The molecule has 2 aromatic carbocycles. The smallest absolute Gasteiger partial charge is 0.191 e. The van der Waals surface area contributed by atoms with Crippen LogP contribution < -0.4 is 10.6 Å². The Balaban J connectivity index is 1.70. The minimum absolute atomic E-state index is 0.154. The molecule has 0 fully saturated rings. The van der Waals surface area contributed by atoms with E-state index in [4.69, 9.17) is 0 Å². The highest BCUT2D eigenvalue weighted by Gasteiger charge is 2.15. The molecule has 3 rings (SSSR count). The van der Waals surface area contributed by atoms with Crippen LogP contribution in [0, 0.1) is 0 Å². The normalized spacial score (nSPS) is 13.0. The van der Waals surface area contributed by atoms with Crippen LogP contribution in [0.1, 0.15) is 49.3 Å². The van der Waals surface area contributed by atoms with E-state index < -0.39 is 0 Å². The van der Waals surface area contributed by atoms with Crippen LogP contribution in [-0.2, 0) is 26.4 Å². The van der Waals surface area contributed by atoms with Crippen LogP contribution in [0.25, 0.3) is 10.8 Å². The zero-order chi connectivity index (χ0) is 20.1. The van der Waals surface area contributed by atoms with Gasteiger partial charge in [-0.2, -0.15) is 5.10 Å². The number of rotatable bonds is 6. The standard InChI is InChI=1S/C23H31N5/c1-6-21-20(22(7-2)28(5)27-21)15-25-23(24-4)26-16(3)18-13-12-17-10-8-9-11-19(17)14-18/h8-14,16H,6-7,15H2,1-5H3,(H2,24,25,26). The minimum atomic E-state index is 0.154. The van der Waals surface area contributed by atoms with Crippen molar-refractivity contribution >= 4 is 16.7 Å². The summed E-state index contributed by atoms with van der Waals surface area (Å²) < 4.78 is 2.00. The first-order valence-electron chi connectivity index (χ1n) is 10.1. The Bertz CT molecular complexity index is 970. The van der Waals surface area contributed by atoms with Crippen molar-refractivity contribution < 1.29 is 0 Å². The summed E-state index contributed by atoms with van der Waals surface area (Å²) in [5.41, 5.74) is 4.97. The van der Waals surface area contributed by atoms with Gasteiger partial charge in [-0.1, -0.05) is 50.2 Å². The summed E-state index contributed by atoms with van der Waals surface area (Å²) in [7, 11) is 3.84. The number of nitrogens with zero attached hydrogens (tertiary/aromatic N) is 3. The van der Waals surface area contributed by atoms with Crippen molar-refractivity contribution in [2.75, 3.05) is 7.05 Å². The maximum Gasteiger partial charge on any atom is 0.191 e. The van der Waals surface area contributed by atoms with E-state index in [0.717, 1.165) is 31.0 Å². The van der Waals surface area contributed by atoms with Crippen LogP contribution in [0.4, 0.5) is 0 Å². The number of aliphatic imine (C=N–C) groups is 1. The quantitative estimate of drug-likeness (QED) is 0.502. The van der Waals surface area contributed by atoms with E-state index in [9.17, 15) is 0 Å². The Kier molecular flexibility index (Phi) is 6.34. The lowest BCUT2D eigenvalue weighted by atomic mass is 10.0. The average molecular weight is 378 g/mol. The zero-order valence-corrected chi connectivity index (χ0v) is 17.6. The summed E-state index contributed by atoms with van der Waals surface area (Å²) in [6, 6.07) is 15.2. The SMILES string of the molecule is CCc1nn(C)c(CC)c1CNC(=NC)NC(C)c1ccc2ccccc2c1. The molecule has 0 aliphatic rings. The molecule has 28 heavy (non-hydrogen) atoms. The predicted octanol–water partition coefficient (Wildman–Crippen LogP) is 4.12. The van der Waals surface area contributed by atoms with E-state index in [-0.39, 0.29) is 6.04 Å². The fourth-order valence-electron chi connectivity index (χ4n) is 3.73. The van der Waals surface area contributed by atoms with Gasteiger partial charge in [0.1, 0.15) is 0 Å². The lowest BCUT2D eigenvalue weighted by Gasteiger charge is -2.19. The first kappa shape index (κ1) is 19.9. The molecule has 0 aliphatic carbocycles. The van der Waals surface area contributed by atoms with Gasteiger partial charge in [-0.15, -0.1) is 0 Å². The molecule has 0 radical (unpaired) electrons. The Morgan fingerprint density at radius 3 is 2.54 bits per heavy atom. The number of aryl methyl sites for hydroxylation is 2. The molecular weight excluding hydrogens is 346 g/mol. The molecule has 0 spiro atoms. The van der Waals surface area contributed by atoms with E-state index in [2.05, 4.69) is 84.0 Å². The van der Waals surface area contributed by atoms with Crippen LogP contribution >= 0.6 is 0 Å². The van der Waals surface area contributed by atoms with E-state index in [0.29, 0.717) is 0 Å². The van der Waals surface area contributed by atoms with E-state index >= 15 is 0 Å². The molecule has 1 aromatic heterocycles. The van der Waals surface area contributed by atoms with Crippen molar-refractivity contribution in [3.05, 3.63) is 65.0 Å². The molecule has 1 atom stereocenters. The molecule has 0 aliphatic heterocycles. The second-order valence-corrected chi connectivity index (χ2v) is 7.10. The number of hydrogen-bond acceptors (Lipinski definition) is 2. The number of nitrogens with one attached hydrogen (secondary N) is 2. The zero-order valence-electron chi connectivity index (χ0n) is 17.6. The lowest BCUT2D eigenvalue weighted by molar-refractivity contribution is 0.682. The van der Waals surface area contributed by atoms with Gasteiger partial charge >= 0.3 is 0 Å². The first-order valence-corrected chi connectivity index (χ1v) is 10.1. The molecule has 3 aromatic rings. The average Bonchev–Trinajstić information content (AvgIpc) is 3.04. The summed E-state index contributed by atoms with van der Waals surface area (Å²) in [5.74, 6) is 0.800. The summed E-state index contributed by atoms with van der Waals surface area (Å²) in [6.07, 6.45) is 1.91. The molecule has 0 bridgehead atoms. The summed E-state index contributed by atoms with van der Waals surface area (Å²) in [5, 5.41) is 14.2. The summed E-state index contributed by atoms with van der Waals surface area (Å²) in [4.78, 5) is 4.42. The molecule has 1 unspecified atom stereocenters.